The summed E-state index contributed by atoms with van der Waals surface area (Å²) in [6, 6.07) is 11.4. The lowest BCUT2D eigenvalue weighted by Crippen LogP contribution is -2.17. The molecule has 2 aromatic rings. The highest BCUT2D eigenvalue weighted by molar-refractivity contribution is 6.05. The number of hydrogen-bond donors (Lipinski definition) is 1. The van der Waals surface area contributed by atoms with Crippen LogP contribution in [0.5, 0.6) is 5.75 Å². The van der Waals surface area contributed by atoms with E-state index >= 15 is 0 Å². The summed E-state index contributed by atoms with van der Waals surface area (Å²) in [5, 5.41) is 3.03. The van der Waals surface area contributed by atoms with Gasteiger partial charge in [-0.25, -0.2) is 0 Å². The Kier molecular flexibility index (Phi) is 5.39. The van der Waals surface area contributed by atoms with Gasteiger partial charge in [0, 0.05) is 17.9 Å². The average molecular weight is 339 g/mol. The molecule has 1 N–H and O–H groups in total. The minimum Gasteiger partial charge on any atom is -0.491 e. The Morgan fingerprint density at radius 2 is 1.96 bits per heavy atom. The monoisotopic (exact) mass is 339 g/mol. The first-order valence-corrected chi connectivity index (χ1v) is 8.76. The van der Waals surface area contributed by atoms with Crippen molar-refractivity contribution in [1.29, 1.82) is 0 Å². The standard InChI is InChI=1S/C21H25NO3/c1-14-10-15(2)20(16(3)11-14)22-21(23)17-6-4-7-18(12-17)25-13-19-8-5-9-24-19/h4,6-7,10-12,19H,5,8-9,13H2,1-3H3,(H,22,23)/t19-/m1/s1. The van der Waals surface area contributed by atoms with E-state index in [4.69, 9.17) is 9.47 Å². The van der Waals surface area contributed by atoms with Gasteiger partial charge < -0.3 is 14.8 Å². The maximum atomic E-state index is 12.6. The largest absolute Gasteiger partial charge is 0.491 e. The number of hydrogen-bond acceptors (Lipinski definition) is 3. The molecule has 2 aromatic carbocycles. The predicted octanol–water partition coefficient (Wildman–Crippen LogP) is 4.42. The van der Waals surface area contributed by atoms with E-state index in [9.17, 15) is 4.79 Å². The molecule has 1 aliphatic rings. The molecular formula is C21H25NO3. The van der Waals surface area contributed by atoms with Gasteiger partial charge in [-0.2, -0.15) is 0 Å². The maximum Gasteiger partial charge on any atom is 0.255 e. The van der Waals surface area contributed by atoms with Gasteiger partial charge in [-0.3, -0.25) is 4.79 Å². The van der Waals surface area contributed by atoms with E-state index in [0.717, 1.165) is 36.3 Å². The van der Waals surface area contributed by atoms with Crippen LogP contribution in [0.2, 0.25) is 0 Å². The van der Waals surface area contributed by atoms with E-state index in [1.54, 1.807) is 12.1 Å². The number of amides is 1. The molecular weight excluding hydrogens is 314 g/mol. The van der Waals surface area contributed by atoms with Crippen LogP contribution in [0.25, 0.3) is 0 Å². The van der Waals surface area contributed by atoms with E-state index in [1.165, 1.54) is 5.56 Å². The van der Waals surface area contributed by atoms with Crippen molar-refractivity contribution < 1.29 is 14.3 Å². The summed E-state index contributed by atoms with van der Waals surface area (Å²) in [6.45, 7) is 7.42. The molecule has 3 rings (SSSR count). The second-order valence-electron chi connectivity index (χ2n) is 6.70. The zero-order valence-electron chi connectivity index (χ0n) is 15.1. The third-order valence-corrected chi connectivity index (χ3v) is 4.47. The number of nitrogens with one attached hydrogen (secondary N) is 1. The van der Waals surface area contributed by atoms with Gasteiger partial charge in [-0.15, -0.1) is 0 Å². The number of carbonyl (C=O) groups is 1. The van der Waals surface area contributed by atoms with Crippen molar-refractivity contribution in [1.82, 2.24) is 0 Å². The fraction of sp³-hybridized carbons (Fsp3) is 0.381. The Labute approximate surface area is 149 Å². The SMILES string of the molecule is Cc1cc(C)c(NC(=O)c2cccc(OC[C@H]3CCCO3)c2)c(C)c1. The Morgan fingerprint density at radius 1 is 1.20 bits per heavy atom. The van der Waals surface area contributed by atoms with Gasteiger partial charge in [0.2, 0.25) is 0 Å². The molecule has 1 heterocycles. The molecule has 1 amide bonds. The molecule has 1 fully saturated rings. The zero-order chi connectivity index (χ0) is 17.8. The van der Waals surface area contributed by atoms with Gasteiger partial charge in [0.15, 0.2) is 0 Å². The first kappa shape index (κ1) is 17.5. The van der Waals surface area contributed by atoms with Crippen molar-refractivity contribution in [3.05, 3.63) is 58.7 Å². The Morgan fingerprint density at radius 3 is 2.64 bits per heavy atom. The van der Waals surface area contributed by atoms with Crippen LogP contribution < -0.4 is 10.1 Å². The topological polar surface area (TPSA) is 47.6 Å². The summed E-state index contributed by atoms with van der Waals surface area (Å²) in [5.41, 5.74) is 4.79. The molecule has 1 saturated heterocycles. The quantitative estimate of drug-likeness (QED) is 0.877. The van der Waals surface area contributed by atoms with Crippen LogP contribution in [-0.2, 0) is 4.74 Å². The van der Waals surface area contributed by atoms with Crippen molar-refractivity contribution in [2.24, 2.45) is 0 Å². The number of benzene rings is 2. The molecule has 0 aliphatic carbocycles. The van der Waals surface area contributed by atoms with E-state index < -0.39 is 0 Å². The number of rotatable bonds is 5. The Hall–Kier alpha value is -2.33. The van der Waals surface area contributed by atoms with Crippen LogP contribution in [0.15, 0.2) is 36.4 Å². The van der Waals surface area contributed by atoms with E-state index in [1.807, 2.05) is 26.0 Å². The lowest BCUT2D eigenvalue weighted by Gasteiger charge is -2.14. The zero-order valence-corrected chi connectivity index (χ0v) is 15.1. The number of carbonyl (C=O) groups excluding carboxylic acids is 1. The van der Waals surface area contributed by atoms with E-state index in [0.29, 0.717) is 17.9 Å². The van der Waals surface area contributed by atoms with Gasteiger partial charge in [-0.1, -0.05) is 23.8 Å². The van der Waals surface area contributed by atoms with E-state index in [-0.39, 0.29) is 12.0 Å². The van der Waals surface area contributed by atoms with Crippen LogP contribution in [-0.4, -0.2) is 25.2 Å². The summed E-state index contributed by atoms with van der Waals surface area (Å²) in [7, 11) is 0. The van der Waals surface area contributed by atoms with Crippen LogP contribution >= 0.6 is 0 Å². The highest BCUT2D eigenvalue weighted by atomic mass is 16.5. The molecule has 0 spiro atoms. The summed E-state index contributed by atoms with van der Waals surface area (Å²) in [5.74, 6) is 0.568. The molecule has 0 radical (unpaired) electrons. The first-order chi connectivity index (χ1) is 12.0. The number of aryl methyl sites for hydroxylation is 3. The normalized spacial score (nSPS) is 16.7. The molecule has 1 aliphatic heterocycles. The van der Waals surface area contributed by atoms with Crippen LogP contribution in [0.3, 0.4) is 0 Å². The fourth-order valence-corrected chi connectivity index (χ4v) is 3.25. The molecule has 4 heteroatoms. The summed E-state index contributed by atoms with van der Waals surface area (Å²) in [6.07, 6.45) is 2.29. The molecule has 0 unspecified atom stereocenters. The summed E-state index contributed by atoms with van der Waals surface area (Å²) >= 11 is 0. The van der Waals surface area contributed by atoms with Gasteiger partial charge in [0.25, 0.3) is 5.91 Å². The van der Waals surface area contributed by atoms with Gasteiger partial charge in [-0.05, 0) is 62.9 Å². The van der Waals surface area contributed by atoms with Crippen LogP contribution in [0, 0.1) is 20.8 Å². The molecule has 0 saturated carbocycles. The highest BCUT2D eigenvalue weighted by Gasteiger charge is 2.16. The maximum absolute atomic E-state index is 12.6. The third-order valence-electron chi connectivity index (χ3n) is 4.47. The third kappa shape index (κ3) is 4.40. The Balaban J connectivity index is 1.69. The Bertz CT molecular complexity index is 740. The predicted molar refractivity (Wildman–Crippen MR) is 99.5 cm³/mol. The van der Waals surface area contributed by atoms with Crippen molar-refractivity contribution in [2.75, 3.05) is 18.5 Å². The first-order valence-electron chi connectivity index (χ1n) is 8.76. The summed E-state index contributed by atoms with van der Waals surface area (Å²) in [4.78, 5) is 12.6. The van der Waals surface area contributed by atoms with Crippen molar-refractivity contribution in [2.45, 2.75) is 39.7 Å². The van der Waals surface area contributed by atoms with Crippen LogP contribution in [0.4, 0.5) is 5.69 Å². The molecule has 0 bridgehead atoms. The molecule has 25 heavy (non-hydrogen) atoms. The summed E-state index contributed by atoms with van der Waals surface area (Å²) < 4.78 is 11.4. The second-order valence-corrected chi connectivity index (χ2v) is 6.70. The van der Waals surface area contributed by atoms with Crippen molar-refractivity contribution in [3.63, 3.8) is 0 Å². The molecule has 4 nitrogen and oxygen atoms in total. The van der Waals surface area contributed by atoms with Gasteiger partial charge in [0.05, 0.1) is 6.10 Å². The average Bonchev–Trinajstić information content (AvgIpc) is 3.10. The lowest BCUT2D eigenvalue weighted by atomic mass is 10.0. The lowest BCUT2D eigenvalue weighted by molar-refractivity contribution is 0.0679. The van der Waals surface area contributed by atoms with E-state index in [2.05, 4.69) is 24.4 Å². The van der Waals surface area contributed by atoms with Gasteiger partial charge in [0.1, 0.15) is 12.4 Å². The van der Waals surface area contributed by atoms with Gasteiger partial charge >= 0.3 is 0 Å². The smallest absolute Gasteiger partial charge is 0.255 e. The van der Waals surface area contributed by atoms with Crippen LogP contribution in [0.1, 0.15) is 39.9 Å². The van der Waals surface area contributed by atoms with Crippen molar-refractivity contribution >= 4 is 11.6 Å². The van der Waals surface area contributed by atoms with Crippen molar-refractivity contribution in [3.8, 4) is 5.75 Å². The minimum absolute atomic E-state index is 0.127. The highest BCUT2D eigenvalue weighted by Crippen LogP contribution is 2.23. The number of ether oxygens (including phenoxy) is 2. The molecule has 1 atom stereocenters. The number of anilines is 1. The fourth-order valence-electron chi connectivity index (χ4n) is 3.25. The second kappa shape index (κ2) is 7.70. The molecule has 0 aromatic heterocycles. The minimum atomic E-state index is -0.127. The molecule has 132 valence electrons.